The minimum atomic E-state index is -2.68. The van der Waals surface area contributed by atoms with E-state index < -0.39 is 18.4 Å². The maximum absolute atomic E-state index is 13.0. The molecule has 1 amide bonds. The molecule has 0 spiro atoms. The first-order valence-corrected chi connectivity index (χ1v) is 8.64. The van der Waals surface area contributed by atoms with Crippen molar-refractivity contribution in [3.63, 3.8) is 0 Å². The van der Waals surface area contributed by atoms with Gasteiger partial charge in [0.25, 0.3) is 6.43 Å². The van der Waals surface area contributed by atoms with Gasteiger partial charge in [-0.3, -0.25) is 9.69 Å². The van der Waals surface area contributed by atoms with Crippen molar-refractivity contribution in [3.05, 3.63) is 36.4 Å². The number of aromatic nitrogens is 5. The van der Waals surface area contributed by atoms with Crippen molar-refractivity contribution in [1.29, 1.82) is 0 Å². The summed E-state index contributed by atoms with van der Waals surface area (Å²) in [6.07, 6.45) is 0.232. The van der Waals surface area contributed by atoms with Crippen LogP contribution in [0.3, 0.4) is 0 Å². The van der Waals surface area contributed by atoms with E-state index in [-0.39, 0.29) is 5.69 Å². The SMILES string of the molecule is CN1CCN(c2cc(-c3cnc4ccc(C(F)F)nn34)ncn2)CC1C(N)=O. The fourth-order valence-corrected chi connectivity index (χ4v) is 3.23. The van der Waals surface area contributed by atoms with Crippen molar-refractivity contribution in [1.82, 2.24) is 29.5 Å². The number of alkyl halides is 2. The highest BCUT2D eigenvalue weighted by Gasteiger charge is 2.29. The fraction of sp³-hybridized carbons (Fsp3) is 0.353. The Labute approximate surface area is 158 Å². The molecule has 1 atom stereocenters. The third kappa shape index (κ3) is 3.24. The zero-order chi connectivity index (χ0) is 19.8. The summed E-state index contributed by atoms with van der Waals surface area (Å²) in [5.41, 5.74) is 6.54. The number of fused-ring (bicyclic) bond motifs is 1. The van der Waals surface area contributed by atoms with Gasteiger partial charge in [0, 0.05) is 25.7 Å². The zero-order valence-corrected chi connectivity index (χ0v) is 15.0. The predicted molar refractivity (Wildman–Crippen MR) is 96.8 cm³/mol. The topological polar surface area (TPSA) is 106 Å². The van der Waals surface area contributed by atoms with Crippen LogP contribution in [0.1, 0.15) is 12.1 Å². The molecule has 0 radical (unpaired) electrons. The van der Waals surface area contributed by atoms with Crippen LogP contribution in [0.5, 0.6) is 0 Å². The Hall–Kier alpha value is -3.21. The maximum Gasteiger partial charge on any atom is 0.282 e. The number of rotatable bonds is 4. The Morgan fingerprint density at radius 1 is 1.25 bits per heavy atom. The van der Waals surface area contributed by atoms with E-state index in [0.29, 0.717) is 42.5 Å². The molecule has 0 aliphatic carbocycles. The number of piperazine rings is 1. The van der Waals surface area contributed by atoms with Gasteiger partial charge in [-0.15, -0.1) is 0 Å². The van der Waals surface area contributed by atoms with Crippen molar-refractivity contribution >= 4 is 17.4 Å². The summed E-state index contributed by atoms with van der Waals surface area (Å²) >= 11 is 0. The molecule has 0 saturated carbocycles. The van der Waals surface area contributed by atoms with Crippen molar-refractivity contribution in [2.75, 3.05) is 31.6 Å². The van der Waals surface area contributed by atoms with Crippen LogP contribution in [0.2, 0.25) is 0 Å². The maximum atomic E-state index is 13.0. The van der Waals surface area contributed by atoms with Gasteiger partial charge < -0.3 is 10.6 Å². The number of primary amides is 1. The molecule has 3 aromatic rings. The molecular formula is C17H18F2N8O. The second-order valence-electron chi connectivity index (χ2n) is 6.58. The number of nitrogens with two attached hydrogens (primary N) is 1. The summed E-state index contributed by atoms with van der Waals surface area (Å²) in [6.45, 7) is 1.72. The van der Waals surface area contributed by atoms with E-state index in [1.165, 1.54) is 29.2 Å². The van der Waals surface area contributed by atoms with E-state index >= 15 is 0 Å². The van der Waals surface area contributed by atoms with Gasteiger partial charge >= 0.3 is 0 Å². The first-order valence-electron chi connectivity index (χ1n) is 8.64. The highest BCUT2D eigenvalue weighted by Crippen LogP contribution is 2.24. The lowest BCUT2D eigenvalue weighted by Crippen LogP contribution is -2.57. The van der Waals surface area contributed by atoms with Crippen LogP contribution >= 0.6 is 0 Å². The van der Waals surface area contributed by atoms with E-state index in [1.54, 1.807) is 6.07 Å². The smallest absolute Gasteiger partial charge is 0.282 e. The number of amides is 1. The second-order valence-corrected chi connectivity index (χ2v) is 6.58. The summed E-state index contributed by atoms with van der Waals surface area (Å²) in [6, 6.07) is 4.04. The summed E-state index contributed by atoms with van der Waals surface area (Å²) in [5.74, 6) is 0.219. The number of carbonyl (C=O) groups excluding carboxylic acids is 1. The van der Waals surface area contributed by atoms with Gasteiger partial charge in [-0.2, -0.15) is 5.10 Å². The molecule has 28 heavy (non-hydrogen) atoms. The number of anilines is 1. The van der Waals surface area contributed by atoms with Crippen molar-refractivity contribution in [2.45, 2.75) is 12.5 Å². The molecule has 4 heterocycles. The molecule has 1 aliphatic rings. The molecular weight excluding hydrogens is 370 g/mol. The van der Waals surface area contributed by atoms with Crippen molar-refractivity contribution in [2.24, 2.45) is 5.73 Å². The Balaban J connectivity index is 1.69. The average Bonchev–Trinajstić information content (AvgIpc) is 3.11. The van der Waals surface area contributed by atoms with E-state index in [1.807, 2.05) is 16.8 Å². The summed E-state index contributed by atoms with van der Waals surface area (Å²) < 4.78 is 27.3. The van der Waals surface area contributed by atoms with Gasteiger partial charge in [-0.25, -0.2) is 28.2 Å². The van der Waals surface area contributed by atoms with E-state index in [2.05, 4.69) is 20.1 Å². The fourth-order valence-electron chi connectivity index (χ4n) is 3.23. The van der Waals surface area contributed by atoms with Crippen LogP contribution in [0, 0.1) is 0 Å². The number of hydrogen-bond donors (Lipinski definition) is 1. The van der Waals surface area contributed by atoms with Crippen molar-refractivity contribution < 1.29 is 13.6 Å². The normalized spacial score (nSPS) is 18.1. The molecule has 146 valence electrons. The van der Waals surface area contributed by atoms with E-state index in [4.69, 9.17) is 5.73 Å². The monoisotopic (exact) mass is 388 g/mol. The number of hydrogen-bond acceptors (Lipinski definition) is 7. The van der Waals surface area contributed by atoms with Gasteiger partial charge in [0.05, 0.1) is 11.9 Å². The number of likely N-dealkylation sites (N-methyl/N-ethyl adjacent to an activating group) is 1. The van der Waals surface area contributed by atoms with E-state index in [9.17, 15) is 13.6 Å². The summed E-state index contributed by atoms with van der Waals surface area (Å²) in [4.78, 5) is 28.2. The third-order valence-corrected chi connectivity index (χ3v) is 4.82. The first-order chi connectivity index (χ1) is 13.4. The van der Waals surface area contributed by atoms with Crippen molar-refractivity contribution in [3.8, 4) is 11.4 Å². The standard InChI is InChI=1S/C17H18F2N8O/c1-25-4-5-26(8-13(25)17(20)28)15-6-11(22-9-23-15)12-7-21-14-3-2-10(16(18)19)24-27(12)14/h2-3,6-7,9,13,16H,4-5,8H2,1H3,(H2,20,28). The van der Waals surface area contributed by atoms with Crippen LogP contribution in [0.15, 0.2) is 30.7 Å². The van der Waals surface area contributed by atoms with E-state index in [0.717, 1.165) is 0 Å². The van der Waals surface area contributed by atoms with Gasteiger partial charge in [0.1, 0.15) is 29.6 Å². The van der Waals surface area contributed by atoms with Crippen LogP contribution in [0.4, 0.5) is 14.6 Å². The van der Waals surface area contributed by atoms with Gasteiger partial charge in [0.15, 0.2) is 5.65 Å². The highest BCUT2D eigenvalue weighted by molar-refractivity contribution is 5.81. The van der Waals surface area contributed by atoms with Gasteiger partial charge in [0.2, 0.25) is 5.91 Å². The average molecular weight is 388 g/mol. The van der Waals surface area contributed by atoms with Gasteiger partial charge in [-0.1, -0.05) is 0 Å². The minimum absolute atomic E-state index is 0.343. The largest absolute Gasteiger partial charge is 0.368 e. The third-order valence-electron chi connectivity index (χ3n) is 4.82. The Morgan fingerprint density at radius 2 is 2.07 bits per heavy atom. The molecule has 1 saturated heterocycles. The number of nitrogens with zero attached hydrogens (tertiary/aromatic N) is 7. The number of carbonyl (C=O) groups is 1. The molecule has 2 N–H and O–H groups in total. The van der Waals surface area contributed by atoms with Crippen LogP contribution < -0.4 is 10.6 Å². The lowest BCUT2D eigenvalue weighted by Gasteiger charge is -2.38. The molecule has 3 aromatic heterocycles. The van der Waals surface area contributed by atoms with Crippen LogP contribution in [0.25, 0.3) is 17.0 Å². The Bertz CT molecular complexity index is 1020. The highest BCUT2D eigenvalue weighted by atomic mass is 19.3. The molecule has 0 aromatic carbocycles. The second kappa shape index (κ2) is 7.08. The molecule has 0 bridgehead atoms. The zero-order valence-electron chi connectivity index (χ0n) is 15.0. The van der Waals surface area contributed by atoms with Gasteiger partial charge in [-0.05, 0) is 19.2 Å². The quantitative estimate of drug-likeness (QED) is 0.702. The van der Waals surface area contributed by atoms with Crippen LogP contribution in [-0.2, 0) is 4.79 Å². The number of halogens is 2. The lowest BCUT2D eigenvalue weighted by atomic mass is 10.1. The molecule has 9 nitrogen and oxygen atoms in total. The predicted octanol–water partition coefficient (Wildman–Crippen LogP) is 0.730. The molecule has 1 unspecified atom stereocenters. The van der Waals surface area contributed by atoms with Crippen LogP contribution in [-0.4, -0.2) is 68.1 Å². The summed E-state index contributed by atoms with van der Waals surface area (Å²) in [7, 11) is 1.85. The number of imidazole rings is 1. The lowest BCUT2D eigenvalue weighted by molar-refractivity contribution is -0.122. The Kier molecular flexibility index (Phi) is 4.59. The minimum Gasteiger partial charge on any atom is -0.368 e. The molecule has 4 rings (SSSR count). The molecule has 1 fully saturated rings. The molecule has 1 aliphatic heterocycles. The first kappa shape index (κ1) is 18.2. The Morgan fingerprint density at radius 3 is 2.82 bits per heavy atom. The molecule has 11 heteroatoms. The summed E-state index contributed by atoms with van der Waals surface area (Å²) in [5, 5.41) is 3.96.